The summed E-state index contributed by atoms with van der Waals surface area (Å²) in [4.78, 5) is 5.92. The fraction of sp³-hybridized carbons (Fsp3) is 0.825. The van der Waals surface area contributed by atoms with Crippen LogP contribution in [0.5, 0.6) is 0 Å². The van der Waals surface area contributed by atoms with Crippen LogP contribution < -0.4 is 0 Å². The topological polar surface area (TPSA) is 99.0 Å². The SMILES string of the molecule is CC[C@@H](O)[C@@](C)(O)[C@@H]1ON=C([C@H](C)C[C@@](C)(O[Si](CC)(CC)CC)[C@@H]2O[C@H](c3ccccc3)O[C@H]([C@@H](C)CO[Si](C)(C)C(C)(C)C)[C@@H]2C)[C@@H]1C. The van der Waals surface area contributed by atoms with Gasteiger partial charge in [0.1, 0.15) is 5.60 Å². The zero-order valence-electron chi connectivity index (χ0n) is 34.2. The highest BCUT2D eigenvalue weighted by molar-refractivity contribution is 6.74. The highest BCUT2D eigenvalue weighted by Crippen LogP contribution is 2.47. The molecule has 0 bridgehead atoms. The zero-order valence-corrected chi connectivity index (χ0v) is 36.2. The van der Waals surface area contributed by atoms with Crippen molar-refractivity contribution in [3.05, 3.63) is 35.9 Å². The lowest BCUT2D eigenvalue weighted by Crippen LogP contribution is -2.60. The van der Waals surface area contributed by atoms with E-state index in [1.54, 1.807) is 6.92 Å². The number of benzene rings is 1. The van der Waals surface area contributed by atoms with Crippen molar-refractivity contribution in [3.8, 4) is 0 Å². The van der Waals surface area contributed by atoms with Crippen molar-refractivity contribution in [2.45, 2.75) is 181 Å². The van der Waals surface area contributed by atoms with Crippen LogP contribution in [-0.4, -0.2) is 74.8 Å². The molecule has 1 saturated heterocycles. The van der Waals surface area contributed by atoms with Crippen molar-refractivity contribution in [1.29, 1.82) is 0 Å². The number of nitrogens with zero attached hydrogens (tertiary/aromatic N) is 1. The first kappa shape index (κ1) is 43.3. The van der Waals surface area contributed by atoms with E-state index in [4.69, 9.17) is 23.2 Å². The normalized spacial score (nSPS) is 29.3. The third-order valence-electron chi connectivity index (χ3n) is 12.7. The molecular formula is C40H73NO7Si2. The van der Waals surface area contributed by atoms with Gasteiger partial charge in [-0.3, -0.25) is 0 Å². The van der Waals surface area contributed by atoms with Gasteiger partial charge in [0.05, 0.1) is 29.6 Å². The van der Waals surface area contributed by atoms with Crippen LogP contribution in [0.1, 0.15) is 115 Å². The largest absolute Gasteiger partial charge is 0.416 e. The molecule has 11 atom stereocenters. The first-order chi connectivity index (χ1) is 23.1. The second kappa shape index (κ2) is 16.9. The van der Waals surface area contributed by atoms with Crippen molar-refractivity contribution in [1.82, 2.24) is 0 Å². The lowest BCUT2D eigenvalue weighted by molar-refractivity contribution is -0.310. The van der Waals surface area contributed by atoms with E-state index in [-0.39, 0.29) is 40.9 Å². The number of aliphatic hydroxyl groups is 2. The standard InChI is InChI=1S/C40H73NO7Si2/c1-16-32(42)40(13,43)36-29(7)33(41-47-36)27(5)25-39(12,48-50(17-2,18-3)19-4)35-30(8)34(28(6)26-44-49(14,15)38(9,10)11)45-37(46-35)31-23-21-20-22-24-31/h20-24,27-30,32,34-37,42-43H,16-19,25-26H2,1-15H3/t27-,28+,29+,30+,32-,34-,35-,36-,37-,39-,40-/m1/s1. The lowest BCUT2D eigenvalue weighted by Gasteiger charge is -2.53. The molecule has 8 nitrogen and oxygen atoms in total. The number of oxime groups is 1. The minimum atomic E-state index is -2.15. The molecular weight excluding hydrogens is 663 g/mol. The molecule has 1 aromatic rings. The Bertz CT molecular complexity index is 1230. The van der Waals surface area contributed by atoms with E-state index in [1.807, 2.05) is 32.0 Å². The van der Waals surface area contributed by atoms with Crippen LogP contribution in [0.15, 0.2) is 35.5 Å². The molecule has 50 heavy (non-hydrogen) atoms. The number of aliphatic hydroxyl groups excluding tert-OH is 1. The van der Waals surface area contributed by atoms with Gasteiger partial charge in [0.2, 0.25) is 0 Å². The summed E-state index contributed by atoms with van der Waals surface area (Å²) in [6, 6.07) is 13.3. The van der Waals surface area contributed by atoms with E-state index in [2.05, 4.69) is 99.6 Å². The summed E-state index contributed by atoms with van der Waals surface area (Å²) in [6.07, 6.45) is -1.40. The van der Waals surface area contributed by atoms with Crippen molar-refractivity contribution < 1.29 is 33.4 Å². The molecule has 10 heteroatoms. The van der Waals surface area contributed by atoms with Crippen LogP contribution in [0.2, 0.25) is 36.3 Å². The molecule has 0 unspecified atom stereocenters. The van der Waals surface area contributed by atoms with Crippen LogP contribution >= 0.6 is 0 Å². The minimum Gasteiger partial charge on any atom is -0.416 e. The smallest absolute Gasteiger partial charge is 0.192 e. The molecule has 288 valence electrons. The average molecular weight is 736 g/mol. The van der Waals surface area contributed by atoms with E-state index < -0.39 is 46.3 Å². The lowest BCUT2D eigenvalue weighted by atomic mass is 9.74. The summed E-state index contributed by atoms with van der Waals surface area (Å²) in [5, 5.41) is 26.7. The Morgan fingerprint density at radius 3 is 2.00 bits per heavy atom. The van der Waals surface area contributed by atoms with Gasteiger partial charge in [-0.15, -0.1) is 0 Å². The van der Waals surface area contributed by atoms with Crippen molar-refractivity contribution in [2.75, 3.05) is 6.61 Å². The van der Waals surface area contributed by atoms with Crippen LogP contribution in [0, 0.1) is 23.7 Å². The number of ether oxygens (including phenoxy) is 2. The van der Waals surface area contributed by atoms with Gasteiger partial charge < -0.3 is 33.4 Å². The maximum Gasteiger partial charge on any atom is 0.192 e. The average Bonchev–Trinajstić information content (AvgIpc) is 3.47. The number of hydrogen-bond acceptors (Lipinski definition) is 8. The Morgan fingerprint density at radius 2 is 1.48 bits per heavy atom. The van der Waals surface area contributed by atoms with Gasteiger partial charge in [-0.1, -0.05) is 112 Å². The van der Waals surface area contributed by atoms with E-state index in [9.17, 15) is 10.2 Å². The van der Waals surface area contributed by atoms with Crippen LogP contribution in [0.4, 0.5) is 0 Å². The summed E-state index contributed by atoms with van der Waals surface area (Å²) < 4.78 is 28.4. The molecule has 2 aliphatic heterocycles. The summed E-state index contributed by atoms with van der Waals surface area (Å²) in [5.41, 5.74) is -0.218. The molecule has 2 heterocycles. The highest BCUT2D eigenvalue weighted by atomic mass is 28.4. The van der Waals surface area contributed by atoms with Crippen molar-refractivity contribution >= 4 is 22.3 Å². The Labute approximate surface area is 307 Å². The van der Waals surface area contributed by atoms with Crippen molar-refractivity contribution in [3.63, 3.8) is 0 Å². The first-order valence-corrected chi connectivity index (χ1v) is 24.9. The Kier molecular flexibility index (Phi) is 14.6. The van der Waals surface area contributed by atoms with Gasteiger partial charge in [0.15, 0.2) is 29.0 Å². The maximum absolute atomic E-state index is 11.3. The zero-order chi connectivity index (χ0) is 37.9. The van der Waals surface area contributed by atoms with Gasteiger partial charge in [-0.05, 0) is 63.0 Å². The summed E-state index contributed by atoms with van der Waals surface area (Å²) >= 11 is 0. The third-order valence-corrected chi connectivity index (χ3v) is 22.0. The highest BCUT2D eigenvalue weighted by Gasteiger charge is 2.54. The summed E-state index contributed by atoms with van der Waals surface area (Å²) in [7, 11) is -4.12. The molecule has 0 radical (unpaired) electrons. The van der Waals surface area contributed by atoms with Gasteiger partial charge in [-0.25, -0.2) is 0 Å². The second-order valence-corrected chi connectivity index (χ2v) is 27.1. The summed E-state index contributed by atoms with van der Waals surface area (Å²) in [5.74, 6) is -0.0702. The van der Waals surface area contributed by atoms with Crippen LogP contribution in [0.3, 0.4) is 0 Å². The maximum atomic E-state index is 11.3. The Morgan fingerprint density at radius 1 is 0.900 bits per heavy atom. The van der Waals surface area contributed by atoms with Crippen molar-refractivity contribution in [2.24, 2.45) is 28.8 Å². The molecule has 0 amide bonds. The van der Waals surface area contributed by atoms with Crippen LogP contribution in [0.25, 0.3) is 0 Å². The molecule has 2 N–H and O–H groups in total. The van der Waals surface area contributed by atoms with E-state index in [1.165, 1.54) is 0 Å². The number of rotatable bonds is 17. The first-order valence-electron chi connectivity index (χ1n) is 19.5. The van der Waals surface area contributed by atoms with Gasteiger partial charge in [0, 0.05) is 35.8 Å². The summed E-state index contributed by atoms with van der Waals surface area (Å²) in [6.45, 7) is 33.4. The molecule has 1 aromatic carbocycles. The third kappa shape index (κ3) is 9.32. The Balaban J connectivity index is 2.05. The Hall–Kier alpha value is -1.12. The molecule has 0 spiro atoms. The molecule has 3 rings (SSSR count). The predicted molar refractivity (Wildman–Crippen MR) is 209 cm³/mol. The molecule has 0 saturated carbocycles. The molecule has 0 aromatic heterocycles. The monoisotopic (exact) mass is 735 g/mol. The van der Waals surface area contributed by atoms with Gasteiger partial charge >= 0.3 is 0 Å². The van der Waals surface area contributed by atoms with E-state index in [0.717, 1.165) is 29.4 Å². The minimum absolute atomic E-state index is 0.00909. The number of hydrogen-bond donors (Lipinski definition) is 2. The van der Waals surface area contributed by atoms with Gasteiger partial charge in [0.25, 0.3) is 0 Å². The second-order valence-electron chi connectivity index (χ2n) is 17.6. The van der Waals surface area contributed by atoms with E-state index in [0.29, 0.717) is 19.4 Å². The van der Waals surface area contributed by atoms with Gasteiger partial charge in [-0.2, -0.15) is 0 Å². The fourth-order valence-corrected chi connectivity index (χ4v) is 12.3. The quantitative estimate of drug-likeness (QED) is 0.154. The molecule has 2 aliphatic rings. The molecule has 0 aliphatic carbocycles. The van der Waals surface area contributed by atoms with Crippen LogP contribution in [-0.2, 0) is 23.2 Å². The predicted octanol–water partition coefficient (Wildman–Crippen LogP) is 9.48. The fourth-order valence-electron chi connectivity index (χ4n) is 8.09. The molecule has 1 fully saturated rings. The van der Waals surface area contributed by atoms with E-state index >= 15 is 0 Å².